The Morgan fingerprint density at radius 1 is 1.14 bits per heavy atom. The molecular weight excluding hydrogens is 304 g/mol. The fourth-order valence-corrected chi connectivity index (χ4v) is 3.02. The molecule has 2 aromatic rings. The molecule has 110 valence electrons. The van der Waals surface area contributed by atoms with Crippen LogP contribution < -0.4 is 11.1 Å². The van der Waals surface area contributed by atoms with Gasteiger partial charge in [-0.3, -0.25) is 4.79 Å². The van der Waals surface area contributed by atoms with Crippen molar-refractivity contribution in [3.8, 4) is 0 Å². The molecule has 0 atom stereocenters. The predicted octanol–water partition coefficient (Wildman–Crippen LogP) is 3.37. The maximum atomic E-state index is 11.8. The Labute approximate surface area is 133 Å². The molecule has 0 aliphatic heterocycles. The molecule has 0 aliphatic rings. The van der Waals surface area contributed by atoms with E-state index in [0.717, 1.165) is 11.3 Å². The zero-order valence-corrected chi connectivity index (χ0v) is 13.1. The van der Waals surface area contributed by atoms with Crippen LogP contribution in [0.5, 0.6) is 0 Å². The topological polar surface area (TPSA) is 55.1 Å². The van der Waals surface area contributed by atoms with Crippen LogP contribution in [0, 0.1) is 0 Å². The van der Waals surface area contributed by atoms with Crippen LogP contribution in [0.3, 0.4) is 0 Å². The second-order valence-corrected chi connectivity index (χ2v) is 5.93. The molecule has 0 aromatic heterocycles. The first-order valence-corrected chi connectivity index (χ1v) is 8.00. The number of carbonyl (C=O) groups is 1. The van der Waals surface area contributed by atoms with Crippen LogP contribution in [0.1, 0.15) is 5.56 Å². The first-order valence-electron chi connectivity index (χ1n) is 6.64. The van der Waals surface area contributed by atoms with Crippen molar-refractivity contribution in [2.45, 2.75) is 11.3 Å². The van der Waals surface area contributed by atoms with Gasteiger partial charge in [0.05, 0.1) is 10.8 Å². The fraction of sp³-hybridized carbons (Fsp3) is 0.188. The standard InChI is InChI=1S/C16H17ClN2OS/c17-13-7-4-8-14(18)16(13)21-11-15(20)19-10-9-12-5-2-1-3-6-12/h1-8H,9-11,18H2,(H,19,20). The second kappa shape index (κ2) is 7.96. The van der Waals surface area contributed by atoms with E-state index in [1.165, 1.54) is 17.3 Å². The van der Waals surface area contributed by atoms with Crippen molar-refractivity contribution in [2.24, 2.45) is 0 Å². The summed E-state index contributed by atoms with van der Waals surface area (Å²) < 4.78 is 0. The predicted molar refractivity (Wildman–Crippen MR) is 89.7 cm³/mol. The van der Waals surface area contributed by atoms with E-state index in [1.807, 2.05) is 30.3 Å². The van der Waals surface area contributed by atoms with E-state index in [9.17, 15) is 4.79 Å². The lowest BCUT2D eigenvalue weighted by Gasteiger charge is -2.08. The summed E-state index contributed by atoms with van der Waals surface area (Å²) in [6.07, 6.45) is 0.825. The minimum absolute atomic E-state index is 0.0183. The summed E-state index contributed by atoms with van der Waals surface area (Å²) in [5.74, 6) is 0.290. The molecule has 0 bridgehead atoms. The van der Waals surface area contributed by atoms with Crippen molar-refractivity contribution < 1.29 is 4.79 Å². The number of anilines is 1. The molecule has 21 heavy (non-hydrogen) atoms. The van der Waals surface area contributed by atoms with Crippen molar-refractivity contribution in [3.05, 3.63) is 59.1 Å². The monoisotopic (exact) mass is 320 g/mol. The number of carbonyl (C=O) groups excluding carboxylic acids is 1. The lowest BCUT2D eigenvalue weighted by Crippen LogP contribution is -2.27. The molecule has 5 heteroatoms. The van der Waals surface area contributed by atoms with Crippen molar-refractivity contribution in [2.75, 3.05) is 18.0 Å². The zero-order chi connectivity index (χ0) is 15.1. The number of rotatable bonds is 6. The number of thioether (sulfide) groups is 1. The largest absolute Gasteiger partial charge is 0.398 e. The van der Waals surface area contributed by atoms with Gasteiger partial charge in [-0.25, -0.2) is 0 Å². The summed E-state index contributed by atoms with van der Waals surface area (Å²) in [5, 5.41) is 3.48. The van der Waals surface area contributed by atoms with Gasteiger partial charge in [0.2, 0.25) is 5.91 Å². The van der Waals surface area contributed by atoms with Gasteiger partial charge >= 0.3 is 0 Å². The van der Waals surface area contributed by atoms with E-state index < -0.39 is 0 Å². The molecule has 0 unspecified atom stereocenters. The number of nitrogens with one attached hydrogen (secondary N) is 1. The second-order valence-electron chi connectivity index (χ2n) is 4.53. The van der Waals surface area contributed by atoms with Gasteiger partial charge in [0.25, 0.3) is 0 Å². The van der Waals surface area contributed by atoms with Gasteiger partial charge in [-0.1, -0.05) is 48.0 Å². The third-order valence-electron chi connectivity index (χ3n) is 2.92. The average molecular weight is 321 g/mol. The van der Waals surface area contributed by atoms with Crippen LogP contribution in [-0.4, -0.2) is 18.2 Å². The summed E-state index contributed by atoms with van der Waals surface area (Å²) in [4.78, 5) is 12.6. The highest BCUT2D eigenvalue weighted by atomic mass is 35.5. The van der Waals surface area contributed by atoms with Crippen molar-refractivity contribution in [1.29, 1.82) is 0 Å². The maximum Gasteiger partial charge on any atom is 0.230 e. The van der Waals surface area contributed by atoms with E-state index >= 15 is 0 Å². The van der Waals surface area contributed by atoms with Crippen LogP contribution in [0.4, 0.5) is 5.69 Å². The Morgan fingerprint density at radius 2 is 1.90 bits per heavy atom. The molecule has 1 amide bonds. The Morgan fingerprint density at radius 3 is 2.62 bits per heavy atom. The normalized spacial score (nSPS) is 10.3. The van der Waals surface area contributed by atoms with E-state index in [4.69, 9.17) is 17.3 Å². The SMILES string of the molecule is Nc1cccc(Cl)c1SCC(=O)NCCc1ccccc1. The number of hydrogen-bond donors (Lipinski definition) is 2. The number of nitrogens with two attached hydrogens (primary N) is 1. The molecule has 0 spiro atoms. The maximum absolute atomic E-state index is 11.8. The van der Waals surface area contributed by atoms with Crippen LogP contribution in [0.15, 0.2) is 53.4 Å². The fourth-order valence-electron chi connectivity index (χ4n) is 1.86. The quantitative estimate of drug-likeness (QED) is 0.634. The molecule has 0 radical (unpaired) electrons. The summed E-state index contributed by atoms with van der Waals surface area (Å²) in [5.41, 5.74) is 7.66. The van der Waals surface area contributed by atoms with E-state index in [2.05, 4.69) is 5.32 Å². The number of amides is 1. The van der Waals surface area contributed by atoms with Crippen molar-refractivity contribution in [3.63, 3.8) is 0 Å². The molecule has 2 rings (SSSR count). The summed E-state index contributed by atoms with van der Waals surface area (Å²) in [6.45, 7) is 0.626. The van der Waals surface area contributed by atoms with E-state index in [-0.39, 0.29) is 5.91 Å². The van der Waals surface area contributed by atoms with Gasteiger partial charge in [0.1, 0.15) is 0 Å². The van der Waals surface area contributed by atoms with Gasteiger partial charge in [-0.2, -0.15) is 0 Å². The molecule has 0 heterocycles. The smallest absolute Gasteiger partial charge is 0.230 e. The number of benzene rings is 2. The average Bonchev–Trinajstić information content (AvgIpc) is 2.48. The first kappa shape index (κ1) is 15.7. The Hall–Kier alpha value is -1.65. The molecule has 2 aromatic carbocycles. The molecule has 3 nitrogen and oxygen atoms in total. The van der Waals surface area contributed by atoms with Gasteiger partial charge in [-0.05, 0) is 24.1 Å². The minimum atomic E-state index is -0.0183. The minimum Gasteiger partial charge on any atom is -0.398 e. The van der Waals surface area contributed by atoms with Gasteiger partial charge in [0, 0.05) is 17.1 Å². The zero-order valence-electron chi connectivity index (χ0n) is 11.5. The molecule has 3 N–H and O–H groups in total. The lowest BCUT2D eigenvalue weighted by molar-refractivity contribution is -0.118. The number of nitrogen functional groups attached to an aromatic ring is 1. The first-order chi connectivity index (χ1) is 10.2. The third kappa shape index (κ3) is 4.99. The number of halogens is 1. The Bertz CT molecular complexity index is 584. The molecule has 0 saturated carbocycles. The molecular formula is C16H17ClN2OS. The highest BCUT2D eigenvalue weighted by Gasteiger charge is 2.08. The highest BCUT2D eigenvalue weighted by Crippen LogP contribution is 2.32. The molecule has 0 aliphatic carbocycles. The van der Waals surface area contributed by atoms with Gasteiger partial charge in [0.15, 0.2) is 0 Å². The van der Waals surface area contributed by atoms with Crippen LogP contribution in [0.2, 0.25) is 5.02 Å². The van der Waals surface area contributed by atoms with E-state index in [1.54, 1.807) is 18.2 Å². The molecule has 0 fully saturated rings. The Balaban J connectivity index is 1.75. The van der Waals surface area contributed by atoms with Crippen molar-refractivity contribution >= 4 is 35.0 Å². The summed E-state index contributed by atoms with van der Waals surface area (Å²) in [6, 6.07) is 15.4. The summed E-state index contributed by atoms with van der Waals surface area (Å²) >= 11 is 7.42. The summed E-state index contributed by atoms with van der Waals surface area (Å²) in [7, 11) is 0. The van der Waals surface area contributed by atoms with Crippen LogP contribution >= 0.6 is 23.4 Å². The molecule has 0 saturated heterocycles. The third-order valence-corrected chi connectivity index (χ3v) is 4.50. The van der Waals surface area contributed by atoms with Crippen LogP contribution in [0.25, 0.3) is 0 Å². The lowest BCUT2D eigenvalue weighted by atomic mass is 10.1. The Kier molecular flexibility index (Phi) is 5.96. The van der Waals surface area contributed by atoms with Gasteiger partial charge < -0.3 is 11.1 Å². The van der Waals surface area contributed by atoms with Crippen LogP contribution in [-0.2, 0) is 11.2 Å². The highest BCUT2D eigenvalue weighted by molar-refractivity contribution is 8.00. The van der Waals surface area contributed by atoms with Crippen molar-refractivity contribution in [1.82, 2.24) is 5.32 Å². The number of hydrogen-bond acceptors (Lipinski definition) is 3. The van der Waals surface area contributed by atoms with Gasteiger partial charge in [-0.15, -0.1) is 11.8 Å². The van der Waals surface area contributed by atoms with E-state index in [0.29, 0.717) is 23.0 Å².